The number of rotatable bonds is 8. The number of carbonyl (C=O) groups excluding carboxylic acids is 1. The van der Waals surface area contributed by atoms with E-state index in [0.717, 1.165) is 17.3 Å². The molecule has 3 rings (SSSR count). The molecule has 0 aliphatic rings. The van der Waals surface area contributed by atoms with E-state index in [1.54, 1.807) is 30.3 Å². The Labute approximate surface area is 177 Å². The average Bonchev–Trinajstić information content (AvgIpc) is 3.21. The van der Waals surface area contributed by atoms with Crippen molar-refractivity contribution < 1.29 is 27.1 Å². The van der Waals surface area contributed by atoms with Crippen LogP contribution < -0.4 is 14.2 Å². The lowest BCUT2D eigenvalue weighted by atomic mass is 10.2. The molecule has 0 aliphatic carbocycles. The fraction of sp³-hybridized carbons (Fsp3) is 0.211. The number of aryl methyl sites for hydroxylation is 1. The first-order valence-electron chi connectivity index (χ1n) is 8.63. The van der Waals surface area contributed by atoms with Gasteiger partial charge >= 0.3 is 0 Å². The zero-order valence-electron chi connectivity index (χ0n) is 16.4. The summed E-state index contributed by atoms with van der Waals surface area (Å²) in [5.41, 5.74) is 1.49. The number of nitrogens with one attached hydrogen (secondary N) is 1. The molecule has 1 amide bonds. The third kappa shape index (κ3) is 5.30. The molecule has 1 aromatic heterocycles. The van der Waals surface area contributed by atoms with Crippen molar-refractivity contribution in [3.8, 4) is 23.0 Å². The number of thioether (sulfide) groups is 1. The Morgan fingerprint density at radius 3 is 2.30 bits per heavy atom. The fourth-order valence-electron chi connectivity index (χ4n) is 2.40. The quantitative estimate of drug-likeness (QED) is 0.517. The van der Waals surface area contributed by atoms with Crippen molar-refractivity contribution >= 4 is 27.7 Å². The van der Waals surface area contributed by atoms with Crippen LogP contribution in [0, 0.1) is 6.92 Å². The predicted molar refractivity (Wildman–Crippen MR) is 110 cm³/mol. The van der Waals surface area contributed by atoms with Gasteiger partial charge in [0.2, 0.25) is 11.8 Å². The van der Waals surface area contributed by atoms with Crippen molar-refractivity contribution in [1.82, 2.24) is 14.9 Å². The third-order valence-electron chi connectivity index (χ3n) is 3.91. The number of hydrogen-bond acceptors (Lipinski definition) is 9. The summed E-state index contributed by atoms with van der Waals surface area (Å²) in [5.74, 6) is 0.398. The lowest BCUT2D eigenvalue weighted by Crippen LogP contribution is -2.31. The summed E-state index contributed by atoms with van der Waals surface area (Å²) < 4.78 is 42.5. The molecule has 9 nitrogen and oxygen atoms in total. The SMILES string of the molecule is COc1cc(OC)cc(-c2nnc(SCC(=O)NS(=O)(=O)c3ccc(C)cc3)o2)c1. The third-order valence-corrected chi connectivity index (χ3v) is 6.12. The standard InChI is InChI=1S/C19H19N3O6S2/c1-12-4-6-16(7-5-12)30(24,25)22-17(23)11-29-19-21-20-18(28-19)13-8-14(26-2)10-15(9-13)27-3/h4-10H,11H2,1-3H3,(H,22,23). The van der Waals surface area contributed by atoms with Crippen LogP contribution in [0.5, 0.6) is 11.5 Å². The smallest absolute Gasteiger partial charge is 0.277 e. The van der Waals surface area contributed by atoms with Gasteiger partial charge in [0.1, 0.15) is 11.5 Å². The van der Waals surface area contributed by atoms with Gasteiger partial charge in [-0.1, -0.05) is 29.5 Å². The van der Waals surface area contributed by atoms with E-state index in [9.17, 15) is 13.2 Å². The Bertz CT molecular complexity index is 1120. The van der Waals surface area contributed by atoms with E-state index in [1.807, 2.05) is 11.6 Å². The maximum atomic E-state index is 12.3. The molecule has 0 atom stereocenters. The molecule has 1 heterocycles. The number of hydrogen-bond donors (Lipinski definition) is 1. The first-order valence-corrected chi connectivity index (χ1v) is 11.1. The minimum atomic E-state index is -3.94. The van der Waals surface area contributed by atoms with E-state index in [1.165, 1.54) is 26.4 Å². The summed E-state index contributed by atoms with van der Waals surface area (Å²) in [6.45, 7) is 1.84. The van der Waals surface area contributed by atoms with E-state index in [4.69, 9.17) is 13.9 Å². The summed E-state index contributed by atoms with van der Waals surface area (Å²) in [5, 5.41) is 7.94. The number of sulfonamides is 1. The molecule has 2 aromatic carbocycles. The van der Waals surface area contributed by atoms with Crippen LogP contribution in [-0.4, -0.2) is 44.5 Å². The molecule has 1 N–H and O–H groups in total. The monoisotopic (exact) mass is 449 g/mol. The van der Waals surface area contributed by atoms with Crippen molar-refractivity contribution in [2.75, 3.05) is 20.0 Å². The van der Waals surface area contributed by atoms with Gasteiger partial charge in [0.05, 0.1) is 24.9 Å². The van der Waals surface area contributed by atoms with Crippen LogP contribution in [0.2, 0.25) is 0 Å². The number of ether oxygens (including phenoxy) is 2. The molecule has 30 heavy (non-hydrogen) atoms. The van der Waals surface area contributed by atoms with Crippen molar-refractivity contribution in [3.63, 3.8) is 0 Å². The normalized spacial score (nSPS) is 11.2. The second-order valence-corrected chi connectivity index (χ2v) is 8.71. The summed E-state index contributed by atoms with van der Waals surface area (Å²) in [4.78, 5) is 12.1. The Hall–Kier alpha value is -3.05. The van der Waals surface area contributed by atoms with E-state index >= 15 is 0 Å². The molecule has 0 saturated carbocycles. The Morgan fingerprint density at radius 2 is 1.70 bits per heavy atom. The first-order chi connectivity index (χ1) is 14.3. The highest BCUT2D eigenvalue weighted by Gasteiger charge is 2.19. The van der Waals surface area contributed by atoms with Gasteiger partial charge in [-0.05, 0) is 31.2 Å². The summed E-state index contributed by atoms with van der Waals surface area (Å²) in [6.07, 6.45) is 0. The average molecular weight is 450 g/mol. The van der Waals surface area contributed by atoms with Crippen LogP contribution in [0.1, 0.15) is 5.56 Å². The zero-order valence-corrected chi connectivity index (χ0v) is 18.0. The van der Waals surface area contributed by atoms with Gasteiger partial charge < -0.3 is 13.9 Å². The molecule has 0 spiro atoms. The topological polar surface area (TPSA) is 121 Å². The Kier molecular flexibility index (Phi) is 6.63. The Balaban J connectivity index is 1.64. The predicted octanol–water partition coefficient (Wildman–Crippen LogP) is 2.66. The molecule has 0 unspecified atom stereocenters. The number of nitrogens with zero attached hydrogens (tertiary/aromatic N) is 2. The molecule has 11 heteroatoms. The Morgan fingerprint density at radius 1 is 1.07 bits per heavy atom. The van der Waals surface area contributed by atoms with E-state index in [-0.39, 0.29) is 21.8 Å². The number of benzene rings is 2. The van der Waals surface area contributed by atoms with Crippen LogP contribution in [0.15, 0.2) is 57.0 Å². The van der Waals surface area contributed by atoms with E-state index in [2.05, 4.69) is 10.2 Å². The van der Waals surface area contributed by atoms with Gasteiger partial charge in [-0.25, -0.2) is 13.1 Å². The minimum Gasteiger partial charge on any atom is -0.497 e. The molecule has 0 fully saturated rings. The van der Waals surface area contributed by atoms with Crippen molar-refractivity contribution in [2.45, 2.75) is 17.0 Å². The highest BCUT2D eigenvalue weighted by molar-refractivity contribution is 7.99. The van der Waals surface area contributed by atoms with Gasteiger partial charge in [-0.2, -0.15) is 0 Å². The van der Waals surface area contributed by atoms with Crippen molar-refractivity contribution in [3.05, 3.63) is 48.0 Å². The van der Waals surface area contributed by atoms with Crippen LogP contribution in [-0.2, 0) is 14.8 Å². The largest absolute Gasteiger partial charge is 0.497 e. The van der Waals surface area contributed by atoms with E-state index in [0.29, 0.717) is 17.1 Å². The van der Waals surface area contributed by atoms with Crippen LogP contribution >= 0.6 is 11.8 Å². The minimum absolute atomic E-state index is 0.0125. The molecular formula is C19H19N3O6S2. The van der Waals surface area contributed by atoms with Crippen molar-refractivity contribution in [2.24, 2.45) is 0 Å². The molecule has 0 bridgehead atoms. The maximum Gasteiger partial charge on any atom is 0.277 e. The maximum absolute atomic E-state index is 12.3. The van der Waals surface area contributed by atoms with Crippen LogP contribution in [0.3, 0.4) is 0 Å². The number of methoxy groups -OCH3 is 2. The number of aromatic nitrogens is 2. The van der Waals surface area contributed by atoms with E-state index < -0.39 is 15.9 Å². The molecule has 0 saturated heterocycles. The molecule has 0 aliphatic heterocycles. The molecule has 158 valence electrons. The summed E-state index contributed by atoms with van der Waals surface area (Å²) in [6, 6.07) is 11.3. The number of carbonyl (C=O) groups is 1. The van der Waals surface area contributed by atoms with Gasteiger partial charge in [0, 0.05) is 11.6 Å². The van der Waals surface area contributed by atoms with Crippen LogP contribution in [0.4, 0.5) is 0 Å². The van der Waals surface area contributed by atoms with Crippen LogP contribution in [0.25, 0.3) is 11.5 Å². The number of amides is 1. The lowest BCUT2D eigenvalue weighted by Gasteiger charge is -2.06. The van der Waals surface area contributed by atoms with Crippen molar-refractivity contribution in [1.29, 1.82) is 0 Å². The molecule has 0 radical (unpaired) electrons. The second kappa shape index (κ2) is 9.18. The fourth-order valence-corrected chi connectivity index (χ4v) is 4.04. The molecular weight excluding hydrogens is 430 g/mol. The summed E-state index contributed by atoms with van der Waals surface area (Å²) in [7, 11) is -0.892. The molecule has 3 aromatic rings. The van der Waals surface area contributed by atoms with Gasteiger partial charge in [-0.15, -0.1) is 10.2 Å². The highest BCUT2D eigenvalue weighted by Crippen LogP contribution is 2.30. The summed E-state index contributed by atoms with van der Waals surface area (Å²) >= 11 is 0.923. The second-order valence-electron chi connectivity index (χ2n) is 6.10. The zero-order chi connectivity index (χ0) is 21.7. The van der Waals surface area contributed by atoms with Gasteiger partial charge in [0.15, 0.2) is 0 Å². The van der Waals surface area contributed by atoms with Gasteiger partial charge in [0.25, 0.3) is 15.2 Å². The first kappa shape index (κ1) is 21.7. The van der Waals surface area contributed by atoms with Gasteiger partial charge in [-0.3, -0.25) is 4.79 Å². The highest BCUT2D eigenvalue weighted by atomic mass is 32.2. The lowest BCUT2D eigenvalue weighted by molar-refractivity contribution is -0.116.